The molecule has 16 heavy (non-hydrogen) atoms. The highest BCUT2D eigenvalue weighted by molar-refractivity contribution is 6.01. The highest BCUT2D eigenvalue weighted by Gasteiger charge is 2.19. The highest BCUT2D eigenvalue weighted by Crippen LogP contribution is 2.31. The van der Waals surface area contributed by atoms with Crippen LogP contribution in [-0.4, -0.2) is 17.3 Å². The maximum atomic E-state index is 11.2. The van der Waals surface area contributed by atoms with Crippen LogP contribution in [0.25, 0.3) is 0 Å². The predicted octanol–water partition coefficient (Wildman–Crippen LogP) is 1.78. The second-order valence-electron chi connectivity index (χ2n) is 3.15. The summed E-state index contributed by atoms with van der Waals surface area (Å²) in [6.45, 7) is 3.40. The molecule has 1 rings (SSSR count). The first kappa shape index (κ1) is 12.0. The lowest BCUT2D eigenvalue weighted by atomic mass is 10.1. The normalized spacial score (nSPS) is 9.88. The molecule has 86 valence electrons. The van der Waals surface area contributed by atoms with Crippen LogP contribution >= 0.6 is 0 Å². The van der Waals surface area contributed by atoms with E-state index in [-0.39, 0.29) is 28.5 Å². The molecule has 0 aliphatic carbocycles. The van der Waals surface area contributed by atoms with Crippen LogP contribution in [0.1, 0.15) is 24.2 Å². The number of nitrogens with two attached hydrogens (primary N) is 1. The van der Waals surface area contributed by atoms with Crippen LogP contribution in [0.2, 0.25) is 0 Å². The number of Topliss-reactive ketones (excluding diaryl/α,β-unsaturated/α-hetero) is 1. The standard InChI is InChI=1S/C10H12N2O4/c1-3-16-7-4-8(6(2)13)10(11)9(5-7)12(14)15/h4-5H,3,11H2,1-2H3. The number of anilines is 1. The van der Waals surface area contributed by atoms with E-state index < -0.39 is 4.92 Å². The van der Waals surface area contributed by atoms with Gasteiger partial charge >= 0.3 is 0 Å². The molecule has 0 spiro atoms. The number of hydrogen-bond acceptors (Lipinski definition) is 5. The molecule has 0 atom stereocenters. The number of ether oxygens (including phenoxy) is 1. The van der Waals surface area contributed by atoms with Crippen LogP contribution in [0.4, 0.5) is 11.4 Å². The molecule has 1 aromatic rings. The number of carbonyl (C=O) groups excluding carboxylic acids is 1. The van der Waals surface area contributed by atoms with Crippen LogP contribution in [0, 0.1) is 10.1 Å². The van der Waals surface area contributed by atoms with Crippen molar-refractivity contribution in [3.05, 3.63) is 27.8 Å². The molecule has 0 aliphatic heterocycles. The molecule has 0 fully saturated rings. The van der Waals surface area contributed by atoms with Gasteiger partial charge in [0.2, 0.25) is 0 Å². The van der Waals surface area contributed by atoms with E-state index in [9.17, 15) is 14.9 Å². The number of nitro benzene ring substituents is 1. The summed E-state index contributed by atoms with van der Waals surface area (Å²) in [6.07, 6.45) is 0. The monoisotopic (exact) mass is 224 g/mol. The lowest BCUT2D eigenvalue weighted by Crippen LogP contribution is -2.05. The first-order valence-corrected chi connectivity index (χ1v) is 4.69. The fourth-order valence-electron chi connectivity index (χ4n) is 1.30. The number of nitrogen functional groups attached to an aromatic ring is 1. The molecule has 0 heterocycles. The molecule has 0 saturated heterocycles. The minimum atomic E-state index is -0.635. The van der Waals surface area contributed by atoms with Crippen molar-refractivity contribution in [3.8, 4) is 5.75 Å². The zero-order valence-corrected chi connectivity index (χ0v) is 9.02. The van der Waals surface area contributed by atoms with Gasteiger partial charge in [0, 0.05) is 0 Å². The van der Waals surface area contributed by atoms with Gasteiger partial charge in [0.1, 0.15) is 11.4 Å². The zero-order valence-electron chi connectivity index (χ0n) is 9.02. The maximum absolute atomic E-state index is 11.2. The SMILES string of the molecule is CCOc1cc(C(C)=O)c(N)c([N+](=O)[O-])c1. The van der Waals surface area contributed by atoms with Crippen molar-refractivity contribution in [2.45, 2.75) is 13.8 Å². The van der Waals surface area contributed by atoms with Gasteiger partial charge in [-0.2, -0.15) is 0 Å². The van der Waals surface area contributed by atoms with E-state index in [1.54, 1.807) is 6.92 Å². The summed E-state index contributed by atoms with van der Waals surface area (Å²) >= 11 is 0. The molecule has 0 saturated carbocycles. The fourth-order valence-corrected chi connectivity index (χ4v) is 1.30. The van der Waals surface area contributed by atoms with E-state index in [1.165, 1.54) is 19.1 Å². The lowest BCUT2D eigenvalue weighted by molar-refractivity contribution is -0.384. The van der Waals surface area contributed by atoms with Crippen molar-refractivity contribution in [2.75, 3.05) is 12.3 Å². The Morgan fingerprint density at radius 3 is 2.62 bits per heavy atom. The first-order chi connectivity index (χ1) is 7.47. The van der Waals surface area contributed by atoms with Crippen molar-refractivity contribution in [1.29, 1.82) is 0 Å². The topological polar surface area (TPSA) is 95.5 Å². The largest absolute Gasteiger partial charge is 0.494 e. The summed E-state index contributed by atoms with van der Waals surface area (Å²) in [4.78, 5) is 21.3. The Balaban J connectivity index is 3.38. The fraction of sp³-hybridized carbons (Fsp3) is 0.300. The number of benzene rings is 1. The van der Waals surface area contributed by atoms with Crippen molar-refractivity contribution in [2.24, 2.45) is 0 Å². The molecule has 6 nitrogen and oxygen atoms in total. The van der Waals surface area contributed by atoms with Gasteiger partial charge in [0.25, 0.3) is 5.69 Å². The van der Waals surface area contributed by atoms with E-state index in [0.717, 1.165) is 0 Å². The van der Waals surface area contributed by atoms with Crippen LogP contribution in [0.3, 0.4) is 0 Å². The number of nitro groups is 1. The van der Waals surface area contributed by atoms with Gasteiger partial charge in [-0.3, -0.25) is 14.9 Å². The Labute approximate surface area is 92.2 Å². The summed E-state index contributed by atoms with van der Waals surface area (Å²) in [5, 5.41) is 10.7. The number of rotatable bonds is 4. The van der Waals surface area contributed by atoms with Crippen molar-refractivity contribution in [3.63, 3.8) is 0 Å². The van der Waals surface area contributed by atoms with E-state index in [2.05, 4.69) is 0 Å². The average molecular weight is 224 g/mol. The van der Waals surface area contributed by atoms with E-state index in [4.69, 9.17) is 10.5 Å². The molecule has 0 unspecified atom stereocenters. The summed E-state index contributed by atoms with van der Waals surface area (Å²) in [5.41, 5.74) is 5.21. The van der Waals surface area contributed by atoms with Gasteiger partial charge < -0.3 is 10.5 Å². The Morgan fingerprint density at radius 1 is 1.56 bits per heavy atom. The van der Waals surface area contributed by atoms with Crippen LogP contribution in [0.15, 0.2) is 12.1 Å². The van der Waals surface area contributed by atoms with Gasteiger partial charge in [-0.1, -0.05) is 0 Å². The molecule has 0 amide bonds. The van der Waals surface area contributed by atoms with E-state index in [1.807, 2.05) is 0 Å². The smallest absolute Gasteiger partial charge is 0.296 e. The minimum absolute atomic E-state index is 0.109. The van der Waals surface area contributed by atoms with Crippen molar-refractivity contribution in [1.82, 2.24) is 0 Å². The second-order valence-corrected chi connectivity index (χ2v) is 3.15. The number of hydrogen-bond donors (Lipinski definition) is 1. The van der Waals surface area contributed by atoms with Crippen LogP contribution < -0.4 is 10.5 Å². The molecule has 0 aromatic heterocycles. The first-order valence-electron chi connectivity index (χ1n) is 4.69. The van der Waals surface area contributed by atoms with Gasteiger partial charge in [0.15, 0.2) is 5.78 Å². The number of ketones is 1. The molecular formula is C10H12N2O4. The van der Waals surface area contributed by atoms with Gasteiger partial charge in [-0.25, -0.2) is 0 Å². The molecule has 0 radical (unpaired) electrons. The summed E-state index contributed by atoms with van der Waals surface area (Å²) in [7, 11) is 0. The summed E-state index contributed by atoms with van der Waals surface area (Å²) in [6, 6.07) is 2.62. The maximum Gasteiger partial charge on any atom is 0.296 e. The molecule has 2 N–H and O–H groups in total. The number of nitrogens with zero attached hydrogens (tertiary/aromatic N) is 1. The van der Waals surface area contributed by atoms with E-state index in [0.29, 0.717) is 6.61 Å². The third-order valence-electron chi connectivity index (χ3n) is 2.02. The Hall–Kier alpha value is -2.11. The molecule has 1 aromatic carbocycles. The zero-order chi connectivity index (χ0) is 12.3. The molecule has 0 aliphatic rings. The van der Waals surface area contributed by atoms with Crippen LogP contribution in [0.5, 0.6) is 5.75 Å². The summed E-state index contributed by atoms with van der Waals surface area (Å²) < 4.78 is 5.13. The second kappa shape index (κ2) is 4.61. The molecule has 0 bridgehead atoms. The third-order valence-corrected chi connectivity index (χ3v) is 2.02. The van der Waals surface area contributed by atoms with Crippen molar-refractivity contribution >= 4 is 17.2 Å². The van der Waals surface area contributed by atoms with Crippen molar-refractivity contribution < 1.29 is 14.5 Å². The summed E-state index contributed by atoms with van der Waals surface area (Å²) in [5.74, 6) is -0.0595. The van der Waals surface area contributed by atoms with Gasteiger partial charge in [-0.15, -0.1) is 0 Å². The Kier molecular flexibility index (Phi) is 3.44. The predicted molar refractivity (Wildman–Crippen MR) is 58.7 cm³/mol. The average Bonchev–Trinajstić information content (AvgIpc) is 2.19. The highest BCUT2D eigenvalue weighted by atomic mass is 16.6. The van der Waals surface area contributed by atoms with E-state index >= 15 is 0 Å². The third kappa shape index (κ3) is 2.28. The van der Waals surface area contributed by atoms with Crippen LogP contribution in [-0.2, 0) is 0 Å². The lowest BCUT2D eigenvalue weighted by Gasteiger charge is -2.07. The molecular weight excluding hydrogens is 212 g/mol. The Bertz CT molecular complexity index is 407. The molecule has 6 heteroatoms. The van der Waals surface area contributed by atoms with Gasteiger partial charge in [0.05, 0.1) is 23.2 Å². The quantitative estimate of drug-likeness (QED) is 0.364. The van der Waals surface area contributed by atoms with Gasteiger partial charge in [-0.05, 0) is 19.9 Å². The Morgan fingerprint density at radius 2 is 2.19 bits per heavy atom. The minimum Gasteiger partial charge on any atom is -0.494 e. The number of carbonyl (C=O) groups is 1.